The van der Waals surface area contributed by atoms with E-state index in [1.165, 1.54) is 25.7 Å². The lowest BCUT2D eigenvalue weighted by Crippen LogP contribution is -2.48. The number of aliphatic hydroxyl groups is 1. The Balaban J connectivity index is 1.51. The van der Waals surface area contributed by atoms with Crippen LogP contribution >= 0.6 is 0 Å². The van der Waals surface area contributed by atoms with Crippen molar-refractivity contribution in [2.24, 2.45) is 5.92 Å². The van der Waals surface area contributed by atoms with Crippen molar-refractivity contribution in [3.63, 3.8) is 0 Å². The topological polar surface area (TPSA) is 61.7 Å². The van der Waals surface area contributed by atoms with Crippen LogP contribution in [0.1, 0.15) is 32.6 Å². The highest BCUT2D eigenvalue weighted by atomic mass is 16.5. The van der Waals surface area contributed by atoms with E-state index in [1.54, 1.807) is 6.20 Å². The normalized spacial score (nSPS) is 21.6. The fraction of sp³-hybridized carbons (Fsp3) is 0.765. The van der Waals surface area contributed by atoms with Gasteiger partial charge in [-0.2, -0.15) is 4.98 Å². The van der Waals surface area contributed by atoms with Gasteiger partial charge in [0.25, 0.3) is 0 Å². The number of piperazine rings is 1. The van der Waals surface area contributed by atoms with Crippen LogP contribution in [0.5, 0.6) is 5.88 Å². The van der Waals surface area contributed by atoms with Crippen molar-refractivity contribution in [2.45, 2.75) is 38.7 Å². The molecule has 6 heteroatoms. The maximum atomic E-state index is 9.48. The minimum absolute atomic E-state index is 0.270. The molecule has 0 bridgehead atoms. The average Bonchev–Trinajstić information content (AvgIpc) is 3.07. The molecular weight excluding hydrogens is 292 g/mol. The summed E-state index contributed by atoms with van der Waals surface area (Å²) in [5.74, 6) is 2.22. The molecular formula is C17H28N4O2. The summed E-state index contributed by atoms with van der Waals surface area (Å²) in [5, 5.41) is 9.48. The molecule has 0 unspecified atom stereocenters. The van der Waals surface area contributed by atoms with Crippen molar-refractivity contribution >= 4 is 5.82 Å². The van der Waals surface area contributed by atoms with E-state index in [-0.39, 0.29) is 6.10 Å². The molecule has 23 heavy (non-hydrogen) atoms. The van der Waals surface area contributed by atoms with E-state index in [4.69, 9.17) is 4.74 Å². The Labute approximate surface area is 138 Å². The standard InChI is InChI=1S/C17H28N4O2/c1-14(22)12-20-6-8-21(9-7-20)16-10-18-11-17(19-16)23-13-15-4-2-3-5-15/h10-11,14-15,22H,2-9,12-13H2,1H3/t14-/m1/s1. The Hall–Kier alpha value is -1.40. The Morgan fingerprint density at radius 3 is 2.65 bits per heavy atom. The van der Waals surface area contributed by atoms with Crippen LogP contribution in [0.15, 0.2) is 12.4 Å². The minimum atomic E-state index is -0.270. The van der Waals surface area contributed by atoms with E-state index in [0.29, 0.717) is 11.8 Å². The maximum Gasteiger partial charge on any atom is 0.234 e. The monoisotopic (exact) mass is 320 g/mol. The van der Waals surface area contributed by atoms with Gasteiger partial charge < -0.3 is 14.7 Å². The second-order valence-corrected chi connectivity index (χ2v) is 6.81. The number of rotatable bonds is 6. The fourth-order valence-corrected chi connectivity index (χ4v) is 3.47. The summed E-state index contributed by atoms with van der Waals surface area (Å²) in [5.41, 5.74) is 0. The number of aliphatic hydroxyl groups excluding tert-OH is 1. The van der Waals surface area contributed by atoms with Gasteiger partial charge in [-0.25, -0.2) is 0 Å². The van der Waals surface area contributed by atoms with Gasteiger partial charge in [0.2, 0.25) is 5.88 Å². The number of anilines is 1. The molecule has 1 aromatic rings. The minimum Gasteiger partial charge on any atom is -0.476 e. The van der Waals surface area contributed by atoms with Gasteiger partial charge in [0.15, 0.2) is 5.82 Å². The molecule has 2 fully saturated rings. The highest BCUT2D eigenvalue weighted by Gasteiger charge is 2.20. The third kappa shape index (κ3) is 4.78. The summed E-state index contributed by atoms with van der Waals surface area (Å²) >= 11 is 0. The van der Waals surface area contributed by atoms with Gasteiger partial charge >= 0.3 is 0 Å². The number of nitrogens with zero attached hydrogens (tertiary/aromatic N) is 4. The Morgan fingerprint density at radius 2 is 1.96 bits per heavy atom. The first-order valence-electron chi connectivity index (χ1n) is 8.81. The third-order valence-corrected chi connectivity index (χ3v) is 4.76. The fourth-order valence-electron chi connectivity index (χ4n) is 3.47. The Morgan fingerprint density at radius 1 is 1.22 bits per heavy atom. The predicted molar refractivity (Wildman–Crippen MR) is 89.8 cm³/mol. The number of hydrogen-bond acceptors (Lipinski definition) is 6. The highest BCUT2D eigenvalue weighted by Crippen LogP contribution is 2.25. The van der Waals surface area contributed by atoms with Gasteiger partial charge in [-0.1, -0.05) is 12.8 Å². The molecule has 2 heterocycles. The Bertz CT molecular complexity index is 483. The first-order valence-corrected chi connectivity index (χ1v) is 8.81. The highest BCUT2D eigenvalue weighted by molar-refractivity contribution is 5.38. The van der Waals surface area contributed by atoms with E-state index >= 15 is 0 Å². The molecule has 6 nitrogen and oxygen atoms in total. The molecule has 1 aromatic heterocycles. The zero-order valence-electron chi connectivity index (χ0n) is 14.0. The van der Waals surface area contributed by atoms with Crippen LogP contribution in [0.4, 0.5) is 5.82 Å². The Kier molecular flexibility index (Phi) is 5.67. The SMILES string of the molecule is C[C@@H](O)CN1CCN(c2cncc(OCC3CCCC3)n2)CC1. The lowest BCUT2D eigenvalue weighted by molar-refractivity contribution is 0.122. The number of hydrogen-bond donors (Lipinski definition) is 1. The molecule has 1 N–H and O–H groups in total. The average molecular weight is 320 g/mol. The van der Waals surface area contributed by atoms with Crippen LogP contribution in [0.25, 0.3) is 0 Å². The summed E-state index contributed by atoms with van der Waals surface area (Å²) in [6, 6.07) is 0. The van der Waals surface area contributed by atoms with Crippen molar-refractivity contribution in [2.75, 3.05) is 44.2 Å². The van der Waals surface area contributed by atoms with E-state index in [2.05, 4.69) is 19.8 Å². The molecule has 0 aromatic carbocycles. The largest absolute Gasteiger partial charge is 0.476 e. The van der Waals surface area contributed by atoms with E-state index < -0.39 is 0 Å². The van der Waals surface area contributed by atoms with Gasteiger partial charge in [0, 0.05) is 32.7 Å². The van der Waals surface area contributed by atoms with Gasteiger partial charge in [-0.05, 0) is 25.7 Å². The van der Waals surface area contributed by atoms with Crippen molar-refractivity contribution in [3.05, 3.63) is 12.4 Å². The third-order valence-electron chi connectivity index (χ3n) is 4.76. The van der Waals surface area contributed by atoms with E-state index in [9.17, 15) is 5.11 Å². The quantitative estimate of drug-likeness (QED) is 0.858. The molecule has 0 spiro atoms. The second kappa shape index (κ2) is 7.93. The molecule has 1 saturated heterocycles. The zero-order valence-corrected chi connectivity index (χ0v) is 14.0. The van der Waals surface area contributed by atoms with Crippen LogP contribution < -0.4 is 9.64 Å². The van der Waals surface area contributed by atoms with Crippen LogP contribution in [0.2, 0.25) is 0 Å². The molecule has 0 amide bonds. The van der Waals surface area contributed by atoms with Crippen LogP contribution in [-0.4, -0.2) is 65.4 Å². The number of β-amino-alcohol motifs (C(OH)–C–C–N with tert-alkyl or cyclic N) is 1. The van der Waals surface area contributed by atoms with Crippen molar-refractivity contribution < 1.29 is 9.84 Å². The summed E-state index contributed by atoms with van der Waals surface area (Å²) < 4.78 is 5.85. The maximum absolute atomic E-state index is 9.48. The van der Waals surface area contributed by atoms with E-state index in [0.717, 1.165) is 45.1 Å². The lowest BCUT2D eigenvalue weighted by Gasteiger charge is -2.35. The van der Waals surface area contributed by atoms with Gasteiger partial charge in [-0.15, -0.1) is 0 Å². The second-order valence-electron chi connectivity index (χ2n) is 6.81. The first-order chi connectivity index (χ1) is 11.2. The van der Waals surface area contributed by atoms with Crippen LogP contribution in [-0.2, 0) is 0 Å². The van der Waals surface area contributed by atoms with Gasteiger partial charge in [0.1, 0.15) is 0 Å². The molecule has 0 radical (unpaired) electrons. The van der Waals surface area contributed by atoms with E-state index in [1.807, 2.05) is 13.1 Å². The molecule has 2 aliphatic rings. The number of aromatic nitrogens is 2. The molecule has 1 aliphatic carbocycles. The summed E-state index contributed by atoms with van der Waals surface area (Å²) in [6.07, 6.45) is 8.46. The predicted octanol–water partition coefficient (Wildman–Crippen LogP) is 1.55. The zero-order chi connectivity index (χ0) is 16.1. The summed E-state index contributed by atoms with van der Waals surface area (Å²) in [6.45, 7) is 7.05. The number of ether oxygens (including phenoxy) is 1. The molecule has 1 atom stereocenters. The van der Waals surface area contributed by atoms with Gasteiger partial charge in [-0.3, -0.25) is 9.88 Å². The smallest absolute Gasteiger partial charge is 0.234 e. The van der Waals surface area contributed by atoms with Crippen molar-refractivity contribution in [1.29, 1.82) is 0 Å². The van der Waals surface area contributed by atoms with Crippen molar-refractivity contribution in [1.82, 2.24) is 14.9 Å². The molecule has 1 aliphatic heterocycles. The van der Waals surface area contributed by atoms with Crippen LogP contribution in [0.3, 0.4) is 0 Å². The summed E-state index contributed by atoms with van der Waals surface area (Å²) in [7, 11) is 0. The lowest BCUT2D eigenvalue weighted by atomic mass is 10.1. The van der Waals surface area contributed by atoms with Crippen molar-refractivity contribution in [3.8, 4) is 5.88 Å². The summed E-state index contributed by atoms with van der Waals surface area (Å²) in [4.78, 5) is 13.4. The molecule has 3 rings (SSSR count). The van der Waals surface area contributed by atoms with Crippen LogP contribution in [0, 0.1) is 5.92 Å². The van der Waals surface area contributed by atoms with Gasteiger partial charge in [0.05, 0.1) is 25.1 Å². The molecule has 1 saturated carbocycles. The molecule has 128 valence electrons. The first kappa shape index (κ1) is 16.5.